The summed E-state index contributed by atoms with van der Waals surface area (Å²) in [6, 6.07) is 11.2. The van der Waals surface area contributed by atoms with E-state index in [4.69, 9.17) is 34.1 Å². The molecule has 7 heteroatoms. The van der Waals surface area contributed by atoms with E-state index in [1.807, 2.05) is 0 Å². The van der Waals surface area contributed by atoms with E-state index in [0.717, 1.165) is 0 Å². The van der Waals surface area contributed by atoms with E-state index in [9.17, 15) is 4.79 Å². The zero-order valence-electron chi connectivity index (χ0n) is 10.7. The van der Waals surface area contributed by atoms with Gasteiger partial charge in [-0.3, -0.25) is 4.79 Å². The zero-order chi connectivity index (χ0) is 15.4. The average molecular weight is 324 g/mol. The molecule has 2 rings (SSSR count). The Morgan fingerprint density at radius 3 is 2.52 bits per heavy atom. The lowest BCUT2D eigenvalue weighted by molar-refractivity contribution is 0.102. The van der Waals surface area contributed by atoms with Gasteiger partial charge in [0.05, 0.1) is 16.3 Å². The summed E-state index contributed by atoms with van der Waals surface area (Å²) in [5.74, 6) is -0.525. The fourth-order valence-electron chi connectivity index (χ4n) is 1.73. The molecule has 1 amide bonds. The van der Waals surface area contributed by atoms with E-state index < -0.39 is 5.91 Å². The SMILES string of the molecule is N/C(=N/O)c1ccccc1NC(=O)c1ccc(Cl)cc1Cl. The van der Waals surface area contributed by atoms with Gasteiger partial charge in [0.25, 0.3) is 5.91 Å². The molecule has 0 unspecified atom stereocenters. The Bertz CT molecular complexity index is 717. The third-order valence-corrected chi connectivity index (χ3v) is 3.28. The minimum Gasteiger partial charge on any atom is -0.409 e. The molecule has 0 atom stereocenters. The van der Waals surface area contributed by atoms with Gasteiger partial charge in [0.2, 0.25) is 0 Å². The monoisotopic (exact) mass is 323 g/mol. The van der Waals surface area contributed by atoms with Crippen LogP contribution < -0.4 is 11.1 Å². The van der Waals surface area contributed by atoms with Crippen LogP contribution in [0.15, 0.2) is 47.6 Å². The molecule has 108 valence electrons. The molecular weight excluding hydrogens is 313 g/mol. The first-order valence-electron chi connectivity index (χ1n) is 5.86. The van der Waals surface area contributed by atoms with Gasteiger partial charge < -0.3 is 16.3 Å². The van der Waals surface area contributed by atoms with Crippen molar-refractivity contribution in [2.45, 2.75) is 0 Å². The number of anilines is 1. The van der Waals surface area contributed by atoms with Gasteiger partial charge in [-0.05, 0) is 30.3 Å². The standard InChI is InChI=1S/C14H11Cl2N3O2/c15-8-5-6-9(11(16)7-8)14(20)18-12-4-2-1-3-10(12)13(17)19-21/h1-7,21H,(H2,17,19)(H,18,20). The van der Waals surface area contributed by atoms with Crippen molar-refractivity contribution in [3.8, 4) is 0 Å². The van der Waals surface area contributed by atoms with Gasteiger partial charge in [0, 0.05) is 10.6 Å². The number of amides is 1. The van der Waals surface area contributed by atoms with E-state index in [1.165, 1.54) is 12.1 Å². The summed E-state index contributed by atoms with van der Waals surface area (Å²) < 4.78 is 0. The number of para-hydroxylation sites is 1. The number of nitrogens with one attached hydrogen (secondary N) is 1. The van der Waals surface area contributed by atoms with Crippen LogP contribution in [-0.2, 0) is 0 Å². The van der Waals surface area contributed by atoms with E-state index >= 15 is 0 Å². The molecule has 0 saturated carbocycles. The first-order chi connectivity index (χ1) is 10.0. The maximum absolute atomic E-state index is 12.2. The number of benzene rings is 2. The quantitative estimate of drug-likeness (QED) is 0.350. The lowest BCUT2D eigenvalue weighted by Gasteiger charge is -2.10. The van der Waals surface area contributed by atoms with E-state index in [2.05, 4.69) is 10.5 Å². The van der Waals surface area contributed by atoms with Crippen LogP contribution in [-0.4, -0.2) is 17.0 Å². The van der Waals surface area contributed by atoms with Crippen molar-refractivity contribution in [3.05, 3.63) is 63.6 Å². The molecule has 0 radical (unpaired) electrons. The van der Waals surface area contributed by atoms with Crippen molar-refractivity contribution in [1.29, 1.82) is 0 Å². The normalized spacial score (nSPS) is 11.2. The van der Waals surface area contributed by atoms with Crippen molar-refractivity contribution >= 4 is 40.6 Å². The molecule has 0 aliphatic heterocycles. The third kappa shape index (κ3) is 3.45. The number of halogens is 2. The number of oxime groups is 1. The minimum absolute atomic E-state index is 0.104. The number of nitrogens with two attached hydrogens (primary N) is 1. The van der Waals surface area contributed by atoms with Gasteiger partial charge in [-0.15, -0.1) is 0 Å². The second kappa shape index (κ2) is 6.47. The van der Waals surface area contributed by atoms with Crippen LogP contribution in [0.1, 0.15) is 15.9 Å². The second-order valence-corrected chi connectivity index (χ2v) is 4.95. The molecule has 0 aliphatic rings. The highest BCUT2D eigenvalue weighted by Crippen LogP contribution is 2.23. The van der Waals surface area contributed by atoms with Gasteiger partial charge in [-0.2, -0.15) is 0 Å². The fourth-order valence-corrected chi connectivity index (χ4v) is 2.23. The second-order valence-electron chi connectivity index (χ2n) is 4.11. The number of rotatable bonds is 3. The van der Waals surface area contributed by atoms with Crippen LogP contribution in [0.4, 0.5) is 5.69 Å². The lowest BCUT2D eigenvalue weighted by atomic mass is 10.1. The molecule has 5 nitrogen and oxygen atoms in total. The van der Waals surface area contributed by atoms with Crippen molar-refractivity contribution in [2.75, 3.05) is 5.32 Å². The summed E-state index contributed by atoms with van der Waals surface area (Å²) in [5.41, 5.74) is 6.65. The van der Waals surface area contributed by atoms with Crippen LogP contribution in [0.2, 0.25) is 10.0 Å². The molecule has 0 spiro atoms. The number of hydrogen-bond donors (Lipinski definition) is 3. The number of nitrogens with zero attached hydrogens (tertiary/aromatic N) is 1. The molecule has 0 aliphatic carbocycles. The van der Waals surface area contributed by atoms with Crippen LogP contribution in [0.5, 0.6) is 0 Å². The highest BCUT2D eigenvalue weighted by molar-refractivity contribution is 6.37. The van der Waals surface area contributed by atoms with Gasteiger partial charge in [-0.25, -0.2) is 0 Å². The number of carbonyl (C=O) groups excluding carboxylic acids is 1. The van der Waals surface area contributed by atoms with E-state index in [0.29, 0.717) is 16.3 Å². The van der Waals surface area contributed by atoms with Crippen molar-refractivity contribution in [2.24, 2.45) is 10.9 Å². The maximum atomic E-state index is 12.2. The van der Waals surface area contributed by atoms with Crippen molar-refractivity contribution in [3.63, 3.8) is 0 Å². The Morgan fingerprint density at radius 1 is 1.14 bits per heavy atom. The molecule has 0 heterocycles. The smallest absolute Gasteiger partial charge is 0.257 e. The largest absolute Gasteiger partial charge is 0.409 e. The predicted molar refractivity (Wildman–Crippen MR) is 83.4 cm³/mol. The number of carbonyl (C=O) groups is 1. The zero-order valence-corrected chi connectivity index (χ0v) is 12.2. The molecular formula is C14H11Cl2N3O2. The highest BCUT2D eigenvalue weighted by atomic mass is 35.5. The highest BCUT2D eigenvalue weighted by Gasteiger charge is 2.14. The first kappa shape index (κ1) is 15.2. The van der Waals surface area contributed by atoms with E-state index in [-0.39, 0.29) is 16.4 Å². The fraction of sp³-hybridized carbons (Fsp3) is 0. The Hall–Kier alpha value is -2.24. The molecule has 21 heavy (non-hydrogen) atoms. The summed E-state index contributed by atoms with van der Waals surface area (Å²) in [6.07, 6.45) is 0. The average Bonchev–Trinajstić information content (AvgIpc) is 2.46. The molecule has 0 fully saturated rings. The Morgan fingerprint density at radius 2 is 1.86 bits per heavy atom. The lowest BCUT2D eigenvalue weighted by Crippen LogP contribution is -2.19. The van der Waals surface area contributed by atoms with Crippen molar-refractivity contribution < 1.29 is 10.0 Å². The number of hydrogen-bond acceptors (Lipinski definition) is 3. The van der Waals surface area contributed by atoms with Gasteiger partial charge in [0.1, 0.15) is 0 Å². The summed E-state index contributed by atoms with van der Waals surface area (Å²) in [5, 5.41) is 15.0. The minimum atomic E-state index is -0.421. The van der Waals surface area contributed by atoms with Crippen LogP contribution in [0.25, 0.3) is 0 Å². The molecule has 0 saturated heterocycles. The van der Waals surface area contributed by atoms with Crippen molar-refractivity contribution in [1.82, 2.24) is 0 Å². The van der Waals surface area contributed by atoms with Gasteiger partial charge in [-0.1, -0.05) is 40.5 Å². The summed E-state index contributed by atoms with van der Waals surface area (Å²) in [6.45, 7) is 0. The summed E-state index contributed by atoms with van der Waals surface area (Å²) >= 11 is 11.8. The number of amidine groups is 1. The first-order valence-corrected chi connectivity index (χ1v) is 6.62. The van der Waals surface area contributed by atoms with Gasteiger partial charge >= 0.3 is 0 Å². The molecule has 2 aromatic carbocycles. The molecule has 4 N–H and O–H groups in total. The van der Waals surface area contributed by atoms with E-state index in [1.54, 1.807) is 30.3 Å². The maximum Gasteiger partial charge on any atom is 0.257 e. The Kier molecular flexibility index (Phi) is 4.67. The summed E-state index contributed by atoms with van der Waals surface area (Å²) in [4.78, 5) is 12.2. The summed E-state index contributed by atoms with van der Waals surface area (Å²) in [7, 11) is 0. The molecule has 0 aromatic heterocycles. The van der Waals surface area contributed by atoms with Crippen LogP contribution in [0.3, 0.4) is 0 Å². The van der Waals surface area contributed by atoms with Crippen LogP contribution in [0, 0.1) is 0 Å². The molecule has 2 aromatic rings. The Labute approximate surface area is 131 Å². The Balaban J connectivity index is 2.32. The van der Waals surface area contributed by atoms with Gasteiger partial charge in [0.15, 0.2) is 5.84 Å². The topological polar surface area (TPSA) is 87.7 Å². The predicted octanol–water partition coefficient (Wildman–Crippen LogP) is 3.34. The third-order valence-electron chi connectivity index (χ3n) is 2.73. The van der Waals surface area contributed by atoms with Crippen LogP contribution >= 0.6 is 23.2 Å². The molecule has 0 bridgehead atoms.